The Morgan fingerprint density at radius 3 is 2.33 bits per heavy atom. The number of hydrogen-bond acceptors (Lipinski definition) is 1. The van der Waals surface area contributed by atoms with Crippen molar-refractivity contribution in [2.45, 2.75) is 25.1 Å². The normalized spacial score (nSPS) is 32.1. The minimum Gasteiger partial charge on any atom is -0.481 e. The lowest BCUT2D eigenvalue weighted by molar-refractivity contribution is -0.139. The summed E-state index contributed by atoms with van der Waals surface area (Å²) in [5, 5.41) is 8.79. The van der Waals surface area contributed by atoms with E-state index in [0.717, 1.165) is 0 Å². The van der Waals surface area contributed by atoms with Crippen LogP contribution in [0.1, 0.15) is 20.3 Å². The van der Waals surface area contributed by atoms with Crippen LogP contribution in [0.15, 0.2) is 0 Å². The van der Waals surface area contributed by atoms with Gasteiger partial charge in [-0.1, -0.05) is 13.8 Å². The molecule has 12 heavy (non-hydrogen) atoms. The third-order valence-corrected chi connectivity index (χ3v) is 3.10. The van der Waals surface area contributed by atoms with Crippen molar-refractivity contribution in [3.05, 3.63) is 0 Å². The van der Waals surface area contributed by atoms with Crippen LogP contribution in [0.3, 0.4) is 0 Å². The van der Waals surface area contributed by atoms with Crippen molar-refractivity contribution in [2.75, 3.05) is 0 Å². The van der Waals surface area contributed by atoms with Gasteiger partial charge in [-0.05, 0) is 17.8 Å². The van der Waals surface area contributed by atoms with Gasteiger partial charge in [0.15, 0.2) is 0 Å². The van der Waals surface area contributed by atoms with Gasteiger partial charge in [0, 0.05) is 0 Å². The number of carboxylic acids is 1. The molecule has 0 radical (unpaired) electrons. The SMILES string of the molecule is CC1(C)[C@H](C(=O)O)[C@@H]1CC(Cl)Cl. The molecule has 70 valence electrons. The van der Waals surface area contributed by atoms with E-state index in [-0.39, 0.29) is 17.3 Å². The van der Waals surface area contributed by atoms with E-state index >= 15 is 0 Å². The molecule has 4 heteroatoms. The van der Waals surface area contributed by atoms with Gasteiger partial charge in [0.05, 0.1) is 5.92 Å². The molecule has 1 N–H and O–H groups in total. The van der Waals surface area contributed by atoms with Crippen molar-refractivity contribution in [3.8, 4) is 0 Å². The zero-order valence-corrected chi connectivity index (χ0v) is 8.56. The quantitative estimate of drug-likeness (QED) is 0.728. The molecule has 0 aromatic carbocycles. The largest absolute Gasteiger partial charge is 0.481 e. The molecule has 0 aromatic rings. The maximum absolute atomic E-state index is 10.7. The van der Waals surface area contributed by atoms with Gasteiger partial charge in [-0.25, -0.2) is 0 Å². The Morgan fingerprint density at radius 2 is 2.08 bits per heavy atom. The lowest BCUT2D eigenvalue weighted by Crippen LogP contribution is -2.03. The molecule has 0 aliphatic heterocycles. The first-order chi connectivity index (χ1) is 5.37. The van der Waals surface area contributed by atoms with E-state index in [4.69, 9.17) is 28.3 Å². The van der Waals surface area contributed by atoms with Crippen molar-refractivity contribution in [1.29, 1.82) is 0 Å². The van der Waals surface area contributed by atoms with Gasteiger partial charge in [-0.15, -0.1) is 23.2 Å². The van der Waals surface area contributed by atoms with E-state index in [2.05, 4.69) is 0 Å². The number of carboxylic acid groups (broad SMARTS) is 1. The molecular weight excluding hydrogens is 199 g/mol. The average molecular weight is 211 g/mol. The Labute approximate surface area is 81.9 Å². The van der Waals surface area contributed by atoms with Gasteiger partial charge in [-0.3, -0.25) is 4.79 Å². The summed E-state index contributed by atoms with van der Waals surface area (Å²) in [4.78, 5) is 10.2. The minimum atomic E-state index is -0.737. The number of carbonyl (C=O) groups is 1. The van der Waals surface area contributed by atoms with Gasteiger partial charge in [-0.2, -0.15) is 0 Å². The fourth-order valence-electron chi connectivity index (χ4n) is 1.87. The van der Waals surface area contributed by atoms with Crippen LogP contribution in [0, 0.1) is 17.3 Å². The average Bonchev–Trinajstić information content (AvgIpc) is 2.32. The van der Waals surface area contributed by atoms with E-state index < -0.39 is 10.8 Å². The summed E-state index contributed by atoms with van der Waals surface area (Å²) in [5.41, 5.74) is -0.131. The maximum Gasteiger partial charge on any atom is 0.307 e. The molecule has 1 aliphatic carbocycles. The standard InChI is InChI=1S/C8H12Cl2O2/c1-8(2)4(3-5(9)10)6(8)7(11)12/h4-6H,3H2,1-2H3,(H,11,12)/t4-,6-/m0/s1. The predicted octanol–water partition coefficient (Wildman–Crippen LogP) is 2.54. The molecule has 0 amide bonds. The third kappa shape index (κ3) is 1.69. The zero-order chi connectivity index (χ0) is 9.52. The van der Waals surface area contributed by atoms with Crippen LogP contribution in [0.2, 0.25) is 0 Å². The van der Waals surface area contributed by atoms with Crippen molar-refractivity contribution in [3.63, 3.8) is 0 Å². The number of aliphatic carboxylic acids is 1. The molecule has 0 aromatic heterocycles. The van der Waals surface area contributed by atoms with Gasteiger partial charge in [0.25, 0.3) is 0 Å². The highest BCUT2D eigenvalue weighted by atomic mass is 35.5. The first kappa shape index (κ1) is 10.1. The Morgan fingerprint density at radius 1 is 1.58 bits per heavy atom. The molecule has 1 rings (SSSR count). The summed E-state index contributed by atoms with van der Waals surface area (Å²) in [6.07, 6.45) is 0.576. The molecule has 0 spiro atoms. The highest BCUT2D eigenvalue weighted by Gasteiger charge is 2.61. The molecule has 2 nitrogen and oxygen atoms in total. The van der Waals surface area contributed by atoms with Gasteiger partial charge < -0.3 is 5.11 Å². The third-order valence-electron chi connectivity index (χ3n) is 2.75. The summed E-state index contributed by atoms with van der Waals surface area (Å²) < 4.78 is 0. The van der Waals surface area contributed by atoms with Crippen molar-refractivity contribution >= 4 is 29.2 Å². The van der Waals surface area contributed by atoms with Crippen molar-refractivity contribution in [2.24, 2.45) is 17.3 Å². The van der Waals surface area contributed by atoms with Gasteiger partial charge in [0.1, 0.15) is 4.84 Å². The van der Waals surface area contributed by atoms with E-state index in [1.54, 1.807) is 0 Å². The Balaban J connectivity index is 2.54. The van der Waals surface area contributed by atoms with E-state index in [1.807, 2.05) is 13.8 Å². The van der Waals surface area contributed by atoms with Gasteiger partial charge in [0.2, 0.25) is 0 Å². The molecule has 1 fully saturated rings. The lowest BCUT2D eigenvalue weighted by Gasteiger charge is -2.01. The number of alkyl halides is 2. The van der Waals surface area contributed by atoms with Crippen LogP contribution in [-0.2, 0) is 4.79 Å². The summed E-state index contributed by atoms with van der Waals surface area (Å²) in [6, 6.07) is 0. The predicted molar refractivity (Wildman–Crippen MR) is 48.5 cm³/mol. The first-order valence-corrected chi connectivity index (χ1v) is 4.75. The maximum atomic E-state index is 10.7. The molecule has 0 bridgehead atoms. The Bertz CT molecular complexity index is 201. The van der Waals surface area contributed by atoms with Crippen LogP contribution in [0.5, 0.6) is 0 Å². The molecule has 0 saturated heterocycles. The first-order valence-electron chi connectivity index (χ1n) is 3.88. The number of hydrogen-bond donors (Lipinski definition) is 1. The molecule has 1 saturated carbocycles. The number of rotatable bonds is 3. The summed E-state index contributed by atoms with van der Waals surface area (Å²) >= 11 is 11.2. The van der Waals surface area contributed by atoms with Crippen LogP contribution in [-0.4, -0.2) is 15.9 Å². The second-order valence-electron chi connectivity index (χ2n) is 3.87. The second kappa shape index (κ2) is 3.08. The molecule has 1 aliphatic rings. The van der Waals surface area contributed by atoms with Gasteiger partial charge >= 0.3 is 5.97 Å². The molecule has 2 atom stereocenters. The second-order valence-corrected chi connectivity index (χ2v) is 5.15. The van der Waals surface area contributed by atoms with Crippen LogP contribution >= 0.6 is 23.2 Å². The van der Waals surface area contributed by atoms with E-state index in [0.29, 0.717) is 6.42 Å². The smallest absolute Gasteiger partial charge is 0.307 e. The lowest BCUT2D eigenvalue weighted by atomic mass is 10.1. The highest BCUT2D eigenvalue weighted by Crippen LogP contribution is 2.60. The topological polar surface area (TPSA) is 37.3 Å². The summed E-state index contributed by atoms with van der Waals surface area (Å²) in [7, 11) is 0. The van der Waals surface area contributed by atoms with Crippen molar-refractivity contribution < 1.29 is 9.90 Å². The summed E-state index contributed by atoms with van der Waals surface area (Å²) in [6.45, 7) is 3.87. The fourth-order valence-corrected chi connectivity index (χ4v) is 2.25. The van der Waals surface area contributed by atoms with Crippen molar-refractivity contribution in [1.82, 2.24) is 0 Å². The zero-order valence-electron chi connectivity index (χ0n) is 7.05. The Hall–Kier alpha value is 0.0500. The monoisotopic (exact) mass is 210 g/mol. The van der Waals surface area contributed by atoms with E-state index in [9.17, 15) is 4.79 Å². The van der Waals surface area contributed by atoms with Crippen LogP contribution in [0.25, 0.3) is 0 Å². The van der Waals surface area contributed by atoms with Crippen LogP contribution < -0.4 is 0 Å². The summed E-state index contributed by atoms with van der Waals surface area (Å²) in [5.74, 6) is -0.869. The Kier molecular flexibility index (Phi) is 2.60. The highest BCUT2D eigenvalue weighted by molar-refractivity contribution is 6.44. The minimum absolute atomic E-state index is 0.131. The number of halogens is 2. The van der Waals surface area contributed by atoms with E-state index in [1.165, 1.54) is 0 Å². The molecule has 0 unspecified atom stereocenters. The molecule has 0 heterocycles. The molecular formula is C8H12Cl2O2. The van der Waals surface area contributed by atoms with Crippen LogP contribution in [0.4, 0.5) is 0 Å². The fraction of sp³-hybridized carbons (Fsp3) is 0.875.